The molecule has 0 saturated carbocycles. The van der Waals surface area contributed by atoms with Crippen LogP contribution < -0.4 is 5.32 Å². The number of rotatable bonds is 9. The summed E-state index contributed by atoms with van der Waals surface area (Å²) in [6.45, 7) is 3.88. The van der Waals surface area contributed by atoms with Crippen molar-refractivity contribution in [3.8, 4) is 10.6 Å². The second-order valence-corrected chi connectivity index (χ2v) is 7.12. The number of aromatic nitrogens is 1. The average molecular weight is 362 g/mol. The summed E-state index contributed by atoms with van der Waals surface area (Å²) in [7, 11) is 0. The third-order valence-electron chi connectivity index (χ3n) is 3.77. The molecule has 25 heavy (non-hydrogen) atoms. The highest BCUT2D eigenvalue weighted by atomic mass is 32.1. The second-order valence-electron chi connectivity index (χ2n) is 6.26. The average Bonchev–Trinajstić information content (AvgIpc) is 3.03. The lowest BCUT2D eigenvalue weighted by Crippen LogP contribution is -2.41. The molecule has 2 rings (SSSR count). The maximum Gasteiger partial charge on any atom is 0.320 e. The highest BCUT2D eigenvalue weighted by Gasteiger charge is 2.26. The second kappa shape index (κ2) is 8.73. The SMILES string of the molecule is CC(C)CC(NCC(C(=O)O)c1csc(-c2ccccc2)n1)C(=O)O. The molecule has 0 amide bonds. The number of thiazole rings is 1. The molecule has 2 unspecified atom stereocenters. The number of aliphatic carboxylic acids is 2. The van der Waals surface area contributed by atoms with Gasteiger partial charge in [-0.15, -0.1) is 11.3 Å². The molecule has 2 aromatic rings. The lowest BCUT2D eigenvalue weighted by Gasteiger charge is -2.18. The van der Waals surface area contributed by atoms with E-state index in [4.69, 9.17) is 0 Å². The molecule has 0 bridgehead atoms. The minimum absolute atomic E-state index is 0.0248. The van der Waals surface area contributed by atoms with Gasteiger partial charge in [0.1, 0.15) is 17.0 Å². The minimum atomic E-state index is -1.02. The van der Waals surface area contributed by atoms with Crippen LogP contribution in [0.3, 0.4) is 0 Å². The van der Waals surface area contributed by atoms with Crippen molar-refractivity contribution >= 4 is 23.3 Å². The molecule has 0 aliphatic rings. The summed E-state index contributed by atoms with van der Waals surface area (Å²) in [6, 6.07) is 8.77. The summed E-state index contributed by atoms with van der Waals surface area (Å²) in [4.78, 5) is 27.4. The molecule has 0 fully saturated rings. The van der Waals surface area contributed by atoms with Crippen LogP contribution in [0, 0.1) is 5.92 Å². The molecule has 7 heteroatoms. The van der Waals surface area contributed by atoms with Gasteiger partial charge in [-0.3, -0.25) is 9.59 Å². The first-order valence-corrected chi connectivity index (χ1v) is 8.96. The molecule has 0 spiro atoms. The molecule has 134 valence electrons. The Morgan fingerprint density at radius 3 is 2.40 bits per heavy atom. The zero-order valence-corrected chi connectivity index (χ0v) is 15.0. The Balaban J connectivity index is 2.12. The Morgan fingerprint density at radius 1 is 1.16 bits per heavy atom. The number of nitrogens with zero attached hydrogens (tertiary/aromatic N) is 1. The van der Waals surface area contributed by atoms with E-state index < -0.39 is 23.9 Å². The van der Waals surface area contributed by atoms with Crippen LogP contribution in [-0.2, 0) is 9.59 Å². The highest BCUT2D eigenvalue weighted by molar-refractivity contribution is 7.13. The van der Waals surface area contributed by atoms with Crippen molar-refractivity contribution in [1.82, 2.24) is 10.3 Å². The molecule has 2 atom stereocenters. The van der Waals surface area contributed by atoms with Crippen LogP contribution in [0.2, 0.25) is 0 Å². The van der Waals surface area contributed by atoms with Crippen LogP contribution >= 0.6 is 11.3 Å². The third-order valence-corrected chi connectivity index (χ3v) is 4.68. The molecule has 0 aliphatic carbocycles. The highest BCUT2D eigenvalue weighted by Crippen LogP contribution is 2.27. The van der Waals surface area contributed by atoms with E-state index in [0.29, 0.717) is 12.1 Å². The third kappa shape index (κ3) is 5.37. The van der Waals surface area contributed by atoms with Gasteiger partial charge in [-0.2, -0.15) is 0 Å². The summed E-state index contributed by atoms with van der Waals surface area (Å²) in [5.41, 5.74) is 1.37. The van der Waals surface area contributed by atoms with Gasteiger partial charge in [0.25, 0.3) is 0 Å². The molecular formula is C18H22N2O4S. The zero-order chi connectivity index (χ0) is 18.4. The van der Waals surface area contributed by atoms with E-state index >= 15 is 0 Å². The van der Waals surface area contributed by atoms with Crippen LogP contribution in [0.5, 0.6) is 0 Å². The van der Waals surface area contributed by atoms with Crippen LogP contribution in [0.1, 0.15) is 31.9 Å². The lowest BCUT2D eigenvalue weighted by molar-refractivity contribution is -0.142. The van der Waals surface area contributed by atoms with Crippen molar-refractivity contribution in [2.75, 3.05) is 6.54 Å². The first-order chi connectivity index (χ1) is 11.9. The first kappa shape index (κ1) is 19.1. The van der Waals surface area contributed by atoms with E-state index in [9.17, 15) is 19.8 Å². The van der Waals surface area contributed by atoms with Gasteiger partial charge >= 0.3 is 11.9 Å². The van der Waals surface area contributed by atoms with Crippen LogP contribution in [0.25, 0.3) is 10.6 Å². The van der Waals surface area contributed by atoms with E-state index in [2.05, 4.69) is 10.3 Å². The Bertz CT molecular complexity index is 715. The number of hydrogen-bond acceptors (Lipinski definition) is 5. The first-order valence-electron chi connectivity index (χ1n) is 8.08. The van der Waals surface area contributed by atoms with E-state index in [1.165, 1.54) is 11.3 Å². The topological polar surface area (TPSA) is 99.5 Å². The summed E-state index contributed by atoms with van der Waals surface area (Å²) in [5, 5.41) is 24.1. The van der Waals surface area contributed by atoms with Gasteiger partial charge in [0, 0.05) is 17.5 Å². The maximum atomic E-state index is 11.6. The van der Waals surface area contributed by atoms with Crippen LogP contribution in [-0.4, -0.2) is 39.7 Å². The fraction of sp³-hybridized carbons (Fsp3) is 0.389. The van der Waals surface area contributed by atoms with Crippen molar-refractivity contribution in [2.45, 2.75) is 32.2 Å². The molecule has 1 aromatic heterocycles. The van der Waals surface area contributed by atoms with Crippen molar-refractivity contribution in [1.29, 1.82) is 0 Å². The predicted octanol–water partition coefficient (Wildman–Crippen LogP) is 3.07. The fourth-order valence-corrected chi connectivity index (χ4v) is 3.36. The van der Waals surface area contributed by atoms with E-state index in [-0.39, 0.29) is 12.5 Å². The molecule has 0 radical (unpaired) electrons. The van der Waals surface area contributed by atoms with Crippen LogP contribution in [0.4, 0.5) is 0 Å². The fourth-order valence-electron chi connectivity index (χ4n) is 2.48. The molecule has 0 aliphatic heterocycles. The summed E-state index contributed by atoms with van der Waals surface area (Å²) >= 11 is 1.38. The number of hydrogen-bond donors (Lipinski definition) is 3. The normalized spacial score (nSPS) is 13.6. The number of carboxylic acids is 2. The monoisotopic (exact) mass is 362 g/mol. The lowest BCUT2D eigenvalue weighted by atomic mass is 10.0. The van der Waals surface area contributed by atoms with Crippen molar-refractivity contribution < 1.29 is 19.8 Å². The van der Waals surface area contributed by atoms with Gasteiger partial charge in [-0.05, 0) is 12.3 Å². The van der Waals surface area contributed by atoms with Gasteiger partial charge < -0.3 is 15.5 Å². The van der Waals surface area contributed by atoms with E-state index in [1.54, 1.807) is 5.38 Å². The smallest absolute Gasteiger partial charge is 0.320 e. The van der Waals surface area contributed by atoms with E-state index in [1.807, 2.05) is 44.2 Å². The van der Waals surface area contributed by atoms with Gasteiger partial charge in [0.15, 0.2) is 0 Å². The minimum Gasteiger partial charge on any atom is -0.481 e. The van der Waals surface area contributed by atoms with Crippen molar-refractivity contribution in [2.24, 2.45) is 5.92 Å². The molecule has 1 heterocycles. The molecule has 0 saturated heterocycles. The van der Waals surface area contributed by atoms with Gasteiger partial charge in [-0.25, -0.2) is 4.98 Å². The number of benzene rings is 1. The standard InChI is InChI=1S/C18H22N2O4S/c1-11(2)8-14(18(23)24)19-9-13(17(21)22)15-10-25-16(20-15)12-6-4-3-5-7-12/h3-7,10-11,13-14,19H,8-9H2,1-2H3,(H,21,22)(H,23,24). The molecule has 3 N–H and O–H groups in total. The Morgan fingerprint density at radius 2 is 1.84 bits per heavy atom. The van der Waals surface area contributed by atoms with Crippen molar-refractivity contribution in [3.63, 3.8) is 0 Å². The summed E-state index contributed by atoms with van der Waals surface area (Å²) in [6.07, 6.45) is 0.438. The predicted molar refractivity (Wildman–Crippen MR) is 96.8 cm³/mol. The largest absolute Gasteiger partial charge is 0.481 e. The Hall–Kier alpha value is -2.25. The Labute approximate surface area is 150 Å². The van der Waals surface area contributed by atoms with E-state index in [0.717, 1.165) is 10.6 Å². The molecular weight excluding hydrogens is 340 g/mol. The maximum absolute atomic E-state index is 11.6. The van der Waals surface area contributed by atoms with Gasteiger partial charge in [0.05, 0.1) is 5.69 Å². The quantitative estimate of drug-likeness (QED) is 0.634. The summed E-state index contributed by atoms with van der Waals surface area (Å²) < 4.78 is 0. The van der Waals surface area contributed by atoms with Gasteiger partial charge in [0.2, 0.25) is 0 Å². The van der Waals surface area contributed by atoms with Crippen molar-refractivity contribution in [3.05, 3.63) is 41.4 Å². The number of carbonyl (C=O) groups is 2. The van der Waals surface area contributed by atoms with Gasteiger partial charge in [-0.1, -0.05) is 44.2 Å². The molecule has 1 aromatic carbocycles. The number of nitrogens with one attached hydrogen (secondary N) is 1. The number of carboxylic acid groups (broad SMARTS) is 2. The Kier molecular flexibility index (Phi) is 6.66. The zero-order valence-electron chi connectivity index (χ0n) is 14.2. The molecule has 6 nitrogen and oxygen atoms in total. The van der Waals surface area contributed by atoms with Crippen LogP contribution in [0.15, 0.2) is 35.7 Å². The summed E-state index contributed by atoms with van der Waals surface area (Å²) in [5.74, 6) is -2.68.